The van der Waals surface area contributed by atoms with Crippen molar-refractivity contribution in [1.29, 1.82) is 0 Å². The predicted molar refractivity (Wildman–Crippen MR) is 106 cm³/mol. The zero-order chi connectivity index (χ0) is 18.1. The summed E-state index contributed by atoms with van der Waals surface area (Å²) in [6.07, 6.45) is 5.10. The van der Waals surface area contributed by atoms with Gasteiger partial charge in [-0.05, 0) is 35.6 Å². The summed E-state index contributed by atoms with van der Waals surface area (Å²) in [7, 11) is -1.83. The third-order valence-corrected chi connectivity index (χ3v) is 10.4. The van der Waals surface area contributed by atoms with Crippen molar-refractivity contribution in [1.82, 2.24) is 0 Å². The number of fused-ring (bicyclic) bond motifs is 1. The monoisotopic (exact) mass is 351 g/mol. The van der Waals surface area contributed by atoms with Crippen molar-refractivity contribution in [3.63, 3.8) is 0 Å². The molecule has 0 radical (unpaired) electrons. The van der Waals surface area contributed by atoms with Crippen LogP contribution in [0.5, 0.6) is 0 Å². The summed E-state index contributed by atoms with van der Waals surface area (Å²) in [5.41, 5.74) is 2.68. The molecule has 1 aliphatic carbocycles. The van der Waals surface area contributed by atoms with Gasteiger partial charge in [0.1, 0.15) is 0 Å². The maximum absolute atomic E-state index is 11.1. The van der Waals surface area contributed by atoms with E-state index in [2.05, 4.69) is 74.6 Å². The minimum atomic E-state index is -1.83. The fourth-order valence-corrected chi connectivity index (χ4v) is 8.72. The van der Waals surface area contributed by atoms with Crippen LogP contribution in [0.1, 0.15) is 24.5 Å². The van der Waals surface area contributed by atoms with Gasteiger partial charge in [-0.15, -0.1) is 0 Å². The Hall–Kier alpha value is -2.20. The van der Waals surface area contributed by atoms with Gasteiger partial charge in [-0.25, -0.2) is 0 Å². The maximum atomic E-state index is 11.1. The van der Waals surface area contributed by atoms with E-state index in [0.717, 1.165) is 19.0 Å². The Kier molecular flexibility index (Phi) is 4.65. The Balaban J connectivity index is 2.14. The van der Waals surface area contributed by atoms with Gasteiger partial charge < -0.3 is 0 Å². The van der Waals surface area contributed by atoms with Crippen LogP contribution in [0.25, 0.3) is 0 Å². The zero-order valence-electron chi connectivity index (χ0n) is 15.1. The van der Waals surface area contributed by atoms with Gasteiger partial charge >= 0.3 is 0 Å². The van der Waals surface area contributed by atoms with Gasteiger partial charge in [-0.3, -0.25) is 10.1 Å². The highest BCUT2D eigenvalue weighted by molar-refractivity contribution is 6.91. The molecule has 0 aromatic heterocycles. The minimum absolute atomic E-state index is 0.312. The summed E-state index contributed by atoms with van der Waals surface area (Å²) in [4.78, 5) is 10.7. The molecule has 4 heteroatoms. The van der Waals surface area contributed by atoms with Gasteiger partial charge in [0.25, 0.3) is 0 Å². The topological polar surface area (TPSA) is 43.1 Å². The molecule has 0 unspecified atom stereocenters. The first-order chi connectivity index (χ1) is 11.9. The number of hydrogen-bond acceptors (Lipinski definition) is 2. The lowest BCUT2D eigenvalue weighted by Crippen LogP contribution is -2.53. The summed E-state index contributed by atoms with van der Waals surface area (Å²) < 4.78 is 0. The van der Waals surface area contributed by atoms with Crippen LogP contribution >= 0.6 is 0 Å². The van der Waals surface area contributed by atoms with E-state index in [4.69, 9.17) is 0 Å². The third-order valence-electron chi connectivity index (χ3n) is 5.96. The molecule has 3 rings (SSSR count). The molecule has 0 saturated heterocycles. The van der Waals surface area contributed by atoms with E-state index in [0.29, 0.717) is 5.54 Å². The molecule has 0 saturated carbocycles. The molecular weight excluding hydrogens is 326 g/mol. The molecule has 0 bridgehead atoms. The smallest absolute Gasteiger partial charge is 0.231 e. The van der Waals surface area contributed by atoms with Gasteiger partial charge in [0.2, 0.25) is 6.20 Å². The van der Waals surface area contributed by atoms with Crippen molar-refractivity contribution in [3.05, 3.63) is 88.1 Å². The molecule has 0 aliphatic heterocycles. The van der Waals surface area contributed by atoms with Gasteiger partial charge in [-0.1, -0.05) is 79.8 Å². The van der Waals surface area contributed by atoms with Crippen LogP contribution in [0, 0.1) is 10.1 Å². The lowest BCUT2D eigenvalue weighted by Gasteiger charge is -2.48. The Morgan fingerprint density at radius 3 is 2.44 bits per heavy atom. The number of hydrogen-bond donors (Lipinski definition) is 0. The Morgan fingerprint density at radius 1 is 1.12 bits per heavy atom. The maximum Gasteiger partial charge on any atom is 0.231 e. The first kappa shape index (κ1) is 17.6. The van der Waals surface area contributed by atoms with E-state index in [1.807, 2.05) is 6.08 Å². The summed E-state index contributed by atoms with van der Waals surface area (Å²) >= 11 is 0. The van der Waals surface area contributed by atoms with Gasteiger partial charge in [0, 0.05) is 5.41 Å². The fourth-order valence-electron chi connectivity index (χ4n) is 4.65. The Bertz CT molecular complexity index is 801. The molecule has 0 spiro atoms. The molecular formula is C21H25NO2Si. The highest BCUT2D eigenvalue weighted by atomic mass is 28.3. The second kappa shape index (κ2) is 6.60. The van der Waals surface area contributed by atoms with Gasteiger partial charge in [0.15, 0.2) is 0 Å². The quantitative estimate of drug-likeness (QED) is 0.456. The normalized spacial score (nSPS) is 23.4. The van der Waals surface area contributed by atoms with Crippen molar-refractivity contribution < 1.29 is 4.92 Å². The SMILES string of the molecule is C[C@@]1(/C=C/[N+](=O)[O-])c2ccccc2CC[C@@H]1[Si](C)(C)c1ccccc1. The number of nitro groups is 1. The van der Waals surface area contributed by atoms with Crippen molar-refractivity contribution >= 4 is 13.3 Å². The number of allylic oxidation sites excluding steroid dienone is 1. The first-order valence-corrected chi connectivity index (χ1v) is 11.9. The van der Waals surface area contributed by atoms with E-state index in [1.54, 1.807) is 0 Å². The first-order valence-electron chi connectivity index (χ1n) is 8.82. The van der Waals surface area contributed by atoms with E-state index in [9.17, 15) is 10.1 Å². The van der Waals surface area contributed by atoms with Crippen LogP contribution in [0.3, 0.4) is 0 Å². The standard InChI is InChI=1S/C21H25NO2Si/c1-21(15-16-22(23)24)19-12-8-7-9-17(19)13-14-20(21)25(2,3)18-10-5-4-6-11-18/h4-12,15-16,20H,13-14H2,1-3H3/b16-15+/t20-,21+/m0/s1. The summed E-state index contributed by atoms with van der Waals surface area (Å²) in [6.45, 7) is 6.99. The number of nitrogens with zero attached hydrogens (tertiary/aromatic N) is 1. The van der Waals surface area contributed by atoms with Crippen LogP contribution in [-0.2, 0) is 11.8 Å². The predicted octanol–water partition coefficient (Wildman–Crippen LogP) is 4.67. The zero-order valence-corrected chi connectivity index (χ0v) is 16.1. The lowest BCUT2D eigenvalue weighted by atomic mass is 9.71. The van der Waals surface area contributed by atoms with E-state index >= 15 is 0 Å². The number of aryl methyl sites for hydroxylation is 1. The minimum Gasteiger partial charge on any atom is -0.259 e. The summed E-state index contributed by atoms with van der Waals surface area (Å²) in [6, 6.07) is 19.1. The van der Waals surface area contributed by atoms with Crippen LogP contribution in [0.2, 0.25) is 18.6 Å². The molecule has 0 heterocycles. The molecule has 3 nitrogen and oxygen atoms in total. The molecule has 2 aromatic carbocycles. The average molecular weight is 352 g/mol. The molecule has 2 atom stereocenters. The highest BCUT2D eigenvalue weighted by Crippen LogP contribution is 2.50. The highest BCUT2D eigenvalue weighted by Gasteiger charge is 2.48. The van der Waals surface area contributed by atoms with Crippen molar-refractivity contribution in [2.45, 2.75) is 43.8 Å². The molecule has 130 valence electrons. The Morgan fingerprint density at radius 2 is 1.76 bits per heavy atom. The summed E-state index contributed by atoms with van der Waals surface area (Å²) in [5, 5.41) is 12.5. The van der Waals surface area contributed by atoms with Crippen LogP contribution in [0.15, 0.2) is 66.9 Å². The fraction of sp³-hybridized carbons (Fsp3) is 0.333. The molecule has 25 heavy (non-hydrogen) atoms. The third kappa shape index (κ3) is 3.18. The van der Waals surface area contributed by atoms with Crippen LogP contribution in [-0.4, -0.2) is 13.0 Å². The van der Waals surface area contributed by atoms with Crippen LogP contribution < -0.4 is 5.19 Å². The molecule has 0 amide bonds. The Labute approximate surface area is 150 Å². The number of rotatable bonds is 4. The lowest BCUT2D eigenvalue weighted by molar-refractivity contribution is -0.402. The van der Waals surface area contributed by atoms with Gasteiger partial charge in [0.05, 0.1) is 13.0 Å². The molecule has 2 aromatic rings. The summed E-state index contributed by atoms with van der Waals surface area (Å²) in [5.74, 6) is 0. The molecule has 1 aliphatic rings. The van der Waals surface area contributed by atoms with E-state index < -0.39 is 8.07 Å². The largest absolute Gasteiger partial charge is 0.259 e. The van der Waals surface area contributed by atoms with Crippen molar-refractivity contribution in [3.8, 4) is 0 Å². The van der Waals surface area contributed by atoms with Crippen molar-refractivity contribution in [2.24, 2.45) is 0 Å². The molecule has 0 fully saturated rings. The molecule has 0 N–H and O–H groups in total. The van der Waals surface area contributed by atoms with E-state index in [-0.39, 0.29) is 10.3 Å². The van der Waals surface area contributed by atoms with Gasteiger partial charge in [-0.2, -0.15) is 0 Å². The van der Waals surface area contributed by atoms with Crippen molar-refractivity contribution in [2.75, 3.05) is 0 Å². The average Bonchev–Trinajstić information content (AvgIpc) is 2.61. The van der Waals surface area contributed by atoms with Crippen LogP contribution in [0.4, 0.5) is 0 Å². The van der Waals surface area contributed by atoms with E-state index in [1.165, 1.54) is 16.3 Å². The second-order valence-corrected chi connectivity index (χ2v) is 12.4. The number of benzene rings is 2. The second-order valence-electron chi connectivity index (χ2n) is 7.72.